The Morgan fingerprint density at radius 1 is 1.52 bits per heavy atom. The lowest BCUT2D eigenvalue weighted by Crippen LogP contribution is -2.47. The highest BCUT2D eigenvalue weighted by Gasteiger charge is 2.32. The number of amides is 1. The number of ether oxygens (including phenoxy) is 1. The summed E-state index contributed by atoms with van der Waals surface area (Å²) < 4.78 is 7.78. The number of nitrogens with zero attached hydrogens (tertiary/aromatic N) is 4. The van der Waals surface area contributed by atoms with Crippen LogP contribution in [0.25, 0.3) is 0 Å². The molecule has 2 saturated heterocycles. The maximum absolute atomic E-state index is 12.6. The zero-order valence-corrected chi connectivity index (χ0v) is 13.7. The summed E-state index contributed by atoms with van der Waals surface area (Å²) in [4.78, 5) is 14.6. The standard InChI is InChI=1S/C13H20N4O2S2/c1-2-16-9-14-15-12(16)10-7-17(3-4-19-10)13(18)11-8-20-5-6-21-11/h9-11H,2-8H2,1H3. The van der Waals surface area contributed by atoms with Gasteiger partial charge >= 0.3 is 0 Å². The molecule has 2 atom stereocenters. The van der Waals surface area contributed by atoms with Crippen LogP contribution in [0.3, 0.4) is 0 Å². The zero-order valence-electron chi connectivity index (χ0n) is 12.1. The van der Waals surface area contributed by atoms with Gasteiger partial charge in [0.05, 0.1) is 18.4 Å². The average Bonchev–Trinajstić information content (AvgIpc) is 3.04. The molecular weight excluding hydrogens is 308 g/mol. The third-order valence-corrected chi connectivity index (χ3v) is 6.49. The van der Waals surface area contributed by atoms with Crippen molar-refractivity contribution in [2.24, 2.45) is 0 Å². The van der Waals surface area contributed by atoms with Gasteiger partial charge in [-0.2, -0.15) is 11.8 Å². The number of carbonyl (C=O) groups excluding carboxylic acids is 1. The van der Waals surface area contributed by atoms with Gasteiger partial charge < -0.3 is 14.2 Å². The fraction of sp³-hybridized carbons (Fsp3) is 0.769. The van der Waals surface area contributed by atoms with Crippen LogP contribution in [0.1, 0.15) is 18.9 Å². The molecule has 116 valence electrons. The molecule has 2 fully saturated rings. The Bertz CT molecular complexity index is 490. The Hall–Kier alpha value is -0.730. The molecular formula is C13H20N4O2S2. The van der Waals surface area contributed by atoms with Crippen LogP contribution < -0.4 is 0 Å². The first kappa shape index (κ1) is 15.2. The number of hydrogen-bond donors (Lipinski definition) is 0. The quantitative estimate of drug-likeness (QED) is 0.826. The van der Waals surface area contributed by atoms with E-state index >= 15 is 0 Å². The van der Waals surface area contributed by atoms with E-state index < -0.39 is 0 Å². The monoisotopic (exact) mass is 328 g/mol. The Kier molecular flexibility index (Phi) is 5.07. The van der Waals surface area contributed by atoms with E-state index in [0.717, 1.165) is 29.6 Å². The van der Waals surface area contributed by atoms with Gasteiger partial charge in [0.2, 0.25) is 5.91 Å². The van der Waals surface area contributed by atoms with Gasteiger partial charge in [-0.05, 0) is 6.92 Å². The zero-order chi connectivity index (χ0) is 14.7. The van der Waals surface area contributed by atoms with Crippen molar-refractivity contribution in [3.63, 3.8) is 0 Å². The van der Waals surface area contributed by atoms with Crippen LogP contribution in [-0.2, 0) is 16.1 Å². The second kappa shape index (κ2) is 7.02. The smallest absolute Gasteiger partial charge is 0.236 e. The van der Waals surface area contributed by atoms with Crippen molar-refractivity contribution >= 4 is 29.4 Å². The third-order valence-electron chi connectivity index (χ3n) is 3.74. The summed E-state index contributed by atoms with van der Waals surface area (Å²) in [5.74, 6) is 4.22. The Labute approximate surface area is 133 Å². The molecule has 1 aromatic heterocycles. The van der Waals surface area contributed by atoms with Crippen LogP contribution in [0, 0.1) is 0 Å². The molecule has 3 rings (SSSR count). The molecule has 2 aliphatic heterocycles. The molecule has 8 heteroatoms. The first-order chi connectivity index (χ1) is 10.3. The average molecular weight is 328 g/mol. The molecule has 2 aliphatic rings. The van der Waals surface area contributed by atoms with Gasteiger partial charge in [-0.3, -0.25) is 4.79 Å². The Morgan fingerprint density at radius 3 is 3.19 bits per heavy atom. The van der Waals surface area contributed by atoms with E-state index in [2.05, 4.69) is 17.1 Å². The minimum absolute atomic E-state index is 0.103. The minimum Gasteiger partial charge on any atom is -0.366 e. The van der Waals surface area contributed by atoms with Crippen molar-refractivity contribution in [1.29, 1.82) is 0 Å². The Morgan fingerprint density at radius 2 is 2.43 bits per heavy atom. The predicted molar refractivity (Wildman–Crippen MR) is 84.5 cm³/mol. The molecule has 0 aromatic carbocycles. The molecule has 1 amide bonds. The molecule has 2 unspecified atom stereocenters. The summed E-state index contributed by atoms with van der Waals surface area (Å²) in [6, 6.07) is 0. The van der Waals surface area contributed by atoms with Gasteiger partial charge in [0.25, 0.3) is 0 Å². The number of rotatable bonds is 3. The summed E-state index contributed by atoms with van der Waals surface area (Å²) in [6.07, 6.45) is 1.55. The van der Waals surface area contributed by atoms with Gasteiger partial charge in [0, 0.05) is 30.3 Å². The third kappa shape index (κ3) is 3.37. The van der Waals surface area contributed by atoms with E-state index in [4.69, 9.17) is 4.74 Å². The van der Waals surface area contributed by atoms with E-state index in [1.54, 1.807) is 18.1 Å². The second-order valence-corrected chi connectivity index (χ2v) is 7.51. The highest BCUT2D eigenvalue weighted by molar-refractivity contribution is 8.07. The van der Waals surface area contributed by atoms with Crippen molar-refractivity contribution in [1.82, 2.24) is 19.7 Å². The van der Waals surface area contributed by atoms with Crippen molar-refractivity contribution in [3.05, 3.63) is 12.2 Å². The Balaban J connectivity index is 1.66. The summed E-state index contributed by atoms with van der Waals surface area (Å²) in [6.45, 7) is 4.69. The number of thioether (sulfide) groups is 2. The first-order valence-electron chi connectivity index (χ1n) is 7.27. The molecule has 21 heavy (non-hydrogen) atoms. The summed E-state index contributed by atoms with van der Waals surface area (Å²) in [5, 5.41) is 8.21. The normalized spacial score (nSPS) is 26.8. The van der Waals surface area contributed by atoms with Crippen molar-refractivity contribution in [3.8, 4) is 0 Å². The van der Waals surface area contributed by atoms with Gasteiger partial charge in [-0.15, -0.1) is 22.0 Å². The first-order valence-corrected chi connectivity index (χ1v) is 9.47. The summed E-state index contributed by atoms with van der Waals surface area (Å²) >= 11 is 3.66. The molecule has 0 N–H and O–H groups in total. The molecule has 0 spiro atoms. The number of carbonyl (C=O) groups is 1. The number of hydrogen-bond acceptors (Lipinski definition) is 6. The maximum Gasteiger partial charge on any atom is 0.236 e. The van der Waals surface area contributed by atoms with E-state index in [-0.39, 0.29) is 17.3 Å². The fourth-order valence-corrected chi connectivity index (χ4v) is 5.23. The molecule has 0 saturated carbocycles. The fourth-order valence-electron chi connectivity index (χ4n) is 2.60. The van der Waals surface area contributed by atoms with E-state index in [0.29, 0.717) is 19.7 Å². The van der Waals surface area contributed by atoms with Gasteiger partial charge in [-0.25, -0.2) is 0 Å². The highest BCUT2D eigenvalue weighted by atomic mass is 32.2. The summed E-state index contributed by atoms with van der Waals surface area (Å²) in [7, 11) is 0. The van der Waals surface area contributed by atoms with Gasteiger partial charge in [0.15, 0.2) is 5.82 Å². The number of morpholine rings is 1. The second-order valence-electron chi connectivity index (χ2n) is 5.05. The van der Waals surface area contributed by atoms with Crippen LogP contribution >= 0.6 is 23.5 Å². The van der Waals surface area contributed by atoms with Crippen molar-refractivity contribution in [2.75, 3.05) is 37.0 Å². The lowest BCUT2D eigenvalue weighted by molar-refractivity contribution is -0.138. The lowest BCUT2D eigenvalue weighted by Gasteiger charge is -2.35. The van der Waals surface area contributed by atoms with Crippen LogP contribution in [0.4, 0.5) is 0 Å². The highest BCUT2D eigenvalue weighted by Crippen LogP contribution is 2.28. The minimum atomic E-state index is -0.161. The summed E-state index contributed by atoms with van der Waals surface area (Å²) in [5.41, 5.74) is 0. The largest absolute Gasteiger partial charge is 0.366 e. The molecule has 0 bridgehead atoms. The van der Waals surface area contributed by atoms with Crippen LogP contribution in [0.15, 0.2) is 6.33 Å². The molecule has 6 nitrogen and oxygen atoms in total. The number of aryl methyl sites for hydroxylation is 1. The molecule has 0 aliphatic carbocycles. The van der Waals surface area contributed by atoms with E-state index in [9.17, 15) is 4.79 Å². The molecule has 3 heterocycles. The van der Waals surface area contributed by atoms with Crippen LogP contribution in [0.2, 0.25) is 0 Å². The maximum atomic E-state index is 12.6. The predicted octanol–water partition coefficient (Wildman–Crippen LogP) is 1.05. The van der Waals surface area contributed by atoms with Gasteiger partial charge in [0.1, 0.15) is 12.4 Å². The lowest BCUT2D eigenvalue weighted by atomic mass is 10.2. The van der Waals surface area contributed by atoms with Crippen LogP contribution in [-0.4, -0.2) is 67.8 Å². The SMILES string of the molecule is CCn1cnnc1C1CN(C(=O)C2CSCCS2)CCO1. The van der Waals surface area contributed by atoms with E-state index in [1.807, 2.05) is 21.2 Å². The van der Waals surface area contributed by atoms with Gasteiger partial charge in [-0.1, -0.05) is 0 Å². The number of aromatic nitrogens is 3. The van der Waals surface area contributed by atoms with Crippen LogP contribution in [0.5, 0.6) is 0 Å². The van der Waals surface area contributed by atoms with Crippen molar-refractivity contribution in [2.45, 2.75) is 24.8 Å². The topological polar surface area (TPSA) is 60.2 Å². The molecule has 1 aromatic rings. The van der Waals surface area contributed by atoms with E-state index in [1.165, 1.54) is 0 Å². The molecule has 0 radical (unpaired) electrons. The van der Waals surface area contributed by atoms with Crippen molar-refractivity contribution < 1.29 is 9.53 Å².